The summed E-state index contributed by atoms with van der Waals surface area (Å²) in [6, 6.07) is 10.5. The second-order valence-corrected chi connectivity index (χ2v) is 8.41. The molecule has 0 bridgehead atoms. The first-order chi connectivity index (χ1) is 13.3. The highest BCUT2D eigenvalue weighted by Crippen LogP contribution is 2.12. The first-order valence-corrected chi connectivity index (χ1v) is 11.7. The van der Waals surface area contributed by atoms with Crippen molar-refractivity contribution in [3.05, 3.63) is 42.5 Å². The summed E-state index contributed by atoms with van der Waals surface area (Å²) in [4.78, 5) is 0. The van der Waals surface area contributed by atoms with Gasteiger partial charge in [-0.2, -0.15) is 0 Å². The Kier molecular flexibility index (Phi) is 16.0. The van der Waals surface area contributed by atoms with Crippen molar-refractivity contribution in [2.45, 2.75) is 104 Å². The molecule has 1 nitrogen and oxygen atoms in total. The van der Waals surface area contributed by atoms with Crippen LogP contribution in [-0.4, -0.2) is 6.54 Å². The molecule has 1 rings (SSSR count). The maximum Gasteiger partial charge on any atom is 0.0340 e. The van der Waals surface area contributed by atoms with Gasteiger partial charge in [0.25, 0.3) is 0 Å². The number of benzene rings is 1. The lowest BCUT2D eigenvalue weighted by Crippen LogP contribution is -2.00. The van der Waals surface area contributed by atoms with Crippen molar-refractivity contribution in [2.75, 3.05) is 11.9 Å². The average molecular weight is 372 g/mol. The first kappa shape index (κ1) is 23.8. The minimum Gasteiger partial charge on any atom is -0.385 e. The van der Waals surface area contributed by atoms with Crippen LogP contribution in [0.4, 0.5) is 5.69 Å². The molecular weight excluding hydrogens is 326 g/mol. The minimum atomic E-state index is 0.879. The van der Waals surface area contributed by atoms with Crippen LogP contribution in [0.5, 0.6) is 0 Å². The number of hydrogen-bond acceptors (Lipinski definition) is 1. The molecule has 1 aromatic rings. The van der Waals surface area contributed by atoms with E-state index in [1.807, 2.05) is 0 Å². The van der Waals surface area contributed by atoms with E-state index in [1.54, 1.807) is 0 Å². The SMILES string of the molecule is CC(C)CCCCCCC/C=C\CCCCCCCCNc1ccccc1. The summed E-state index contributed by atoms with van der Waals surface area (Å²) in [5.74, 6) is 0.879. The Labute approximate surface area is 170 Å². The van der Waals surface area contributed by atoms with Gasteiger partial charge in [0.05, 0.1) is 0 Å². The number of para-hydroxylation sites is 1. The van der Waals surface area contributed by atoms with E-state index >= 15 is 0 Å². The Morgan fingerprint density at radius 2 is 1.19 bits per heavy atom. The normalized spacial score (nSPS) is 11.5. The van der Waals surface area contributed by atoms with Crippen molar-refractivity contribution in [2.24, 2.45) is 5.92 Å². The summed E-state index contributed by atoms with van der Waals surface area (Å²) in [6.07, 6.45) is 24.1. The molecule has 154 valence electrons. The zero-order valence-electron chi connectivity index (χ0n) is 18.2. The quantitative estimate of drug-likeness (QED) is 0.201. The summed E-state index contributed by atoms with van der Waals surface area (Å²) in [7, 11) is 0. The van der Waals surface area contributed by atoms with E-state index in [4.69, 9.17) is 0 Å². The molecule has 1 heteroatoms. The lowest BCUT2D eigenvalue weighted by Gasteiger charge is -2.05. The summed E-state index contributed by atoms with van der Waals surface area (Å²) in [6.45, 7) is 5.76. The summed E-state index contributed by atoms with van der Waals surface area (Å²) in [5.41, 5.74) is 1.25. The van der Waals surface area contributed by atoms with Gasteiger partial charge in [-0.05, 0) is 50.2 Å². The van der Waals surface area contributed by atoms with Gasteiger partial charge in [-0.1, -0.05) is 102 Å². The standard InChI is InChI=1S/C26H45N/c1-25(2)21-17-14-12-10-8-6-4-3-5-7-9-11-13-15-20-24-27-26-22-18-16-19-23-26/h3-4,16,18-19,22-23,25,27H,5-15,17,20-21,24H2,1-2H3/b4-3-. The van der Waals surface area contributed by atoms with Crippen LogP contribution in [0, 0.1) is 5.92 Å². The van der Waals surface area contributed by atoms with Crippen molar-refractivity contribution in [1.29, 1.82) is 0 Å². The van der Waals surface area contributed by atoms with Crippen molar-refractivity contribution in [3.8, 4) is 0 Å². The lowest BCUT2D eigenvalue weighted by molar-refractivity contribution is 0.516. The molecule has 0 aromatic heterocycles. The van der Waals surface area contributed by atoms with E-state index in [2.05, 4.69) is 61.6 Å². The van der Waals surface area contributed by atoms with Crippen LogP contribution in [0.15, 0.2) is 42.5 Å². The first-order valence-electron chi connectivity index (χ1n) is 11.7. The van der Waals surface area contributed by atoms with E-state index in [-0.39, 0.29) is 0 Å². The van der Waals surface area contributed by atoms with Gasteiger partial charge in [0.1, 0.15) is 0 Å². The third kappa shape index (κ3) is 16.6. The van der Waals surface area contributed by atoms with Crippen LogP contribution >= 0.6 is 0 Å². The third-order valence-corrected chi connectivity index (χ3v) is 5.22. The van der Waals surface area contributed by atoms with E-state index in [0.29, 0.717) is 0 Å². The van der Waals surface area contributed by atoms with Crippen LogP contribution in [0.3, 0.4) is 0 Å². The van der Waals surface area contributed by atoms with Crippen LogP contribution in [0.2, 0.25) is 0 Å². The highest BCUT2D eigenvalue weighted by Gasteiger charge is 1.94. The van der Waals surface area contributed by atoms with Crippen LogP contribution in [-0.2, 0) is 0 Å². The molecule has 0 atom stereocenters. The molecule has 0 fully saturated rings. The van der Waals surface area contributed by atoms with Gasteiger partial charge in [-0.15, -0.1) is 0 Å². The molecule has 0 unspecified atom stereocenters. The predicted molar refractivity (Wildman–Crippen MR) is 124 cm³/mol. The maximum atomic E-state index is 3.49. The van der Waals surface area contributed by atoms with Gasteiger partial charge >= 0.3 is 0 Å². The second kappa shape index (κ2) is 18.1. The van der Waals surface area contributed by atoms with Gasteiger partial charge in [0.2, 0.25) is 0 Å². The number of allylic oxidation sites excluding steroid dienone is 2. The number of unbranched alkanes of at least 4 members (excludes halogenated alkanes) is 11. The smallest absolute Gasteiger partial charge is 0.0340 e. The van der Waals surface area contributed by atoms with E-state index in [0.717, 1.165) is 12.5 Å². The summed E-state index contributed by atoms with van der Waals surface area (Å²) < 4.78 is 0. The summed E-state index contributed by atoms with van der Waals surface area (Å²) in [5, 5.41) is 3.49. The van der Waals surface area contributed by atoms with E-state index < -0.39 is 0 Å². The fraction of sp³-hybridized carbons (Fsp3) is 0.692. The Morgan fingerprint density at radius 3 is 1.78 bits per heavy atom. The fourth-order valence-electron chi connectivity index (χ4n) is 3.46. The zero-order valence-corrected chi connectivity index (χ0v) is 18.2. The largest absolute Gasteiger partial charge is 0.385 e. The third-order valence-electron chi connectivity index (χ3n) is 5.22. The Balaban J connectivity index is 1.74. The molecule has 0 aliphatic carbocycles. The highest BCUT2D eigenvalue weighted by molar-refractivity contribution is 5.42. The molecule has 0 aliphatic rings. The molecular formula is C26H45N. The van der Waals surface area contributed by atoms with Gasteiger partial charge < -0.3 is 5.32 Å². The Bertz CT molecular complexity index is 435. The lowest BCUT2D eigenvalue weighted by atomic mass is 10.0. The van der Waals surface area contributed by atoms with Crippen molar-refractivity contribution in [3.63, 3.8) is 0 Å². The summed E-state index contributed by atoms with van der Waals surface area (Å²) >= 11 is 0. The van der Waals surface area contributed by atoms with Crippen LogP contribution in [0.25, 0.3) is 0 Å². The van der Waals surface area contributed by atoms with Gasteiger partial charge in [-0.3, -0.25) is 0 Å². The molecule has 27 heavy (non-hydrogen) atoms. The monoisotopic (exact) mass is 371 g/mol. The molecule has 0 spiro atoms. The molecule has 0 aliphatic heterocycles. The second-order valence-electron chi connectivity index (χ2n) is 8.41. The molecule has 0 radical (unpaired) electrons. The van der Waals surface area contributed by atoms with Gasteiger partial charge in [-0.25, -0.2) is 0 Å². The van der Waals surface area contributed by atoms with Gasteiger partial charge in [0, 0.05) is 12.2 Å². The van der Waals surface area contributed by atoms with Crippen molar-refractivity contribution >= 4 is 5.69 Å². The predicted octanol–water partition coefficient (Wildman–Crippen LogP) is 8.77. The number of nitrogens with one attached hydrogen (secondary N) is 1. The Morgan fingerprint density at radius 1 is 0.667 bits per heavy atom. The van der Waals surface area contributed by atoms with Gasteiger partial charge in [0.15, 0.2) is 0 Å². The fourth-order valence-corrected chi connectivity index (χ4v) is 3.46. The number of anilines is 1. The highest BCUT2D eigenvalue weighted by atomic mass is 14.9. The minimum absolute atomic E-state index is 0.879. The number of hydrogen-bond donors (Lipinski definition) is 1. The molecule has 0 heterocycles. The van der Waals surface area contributed by atoms with Crippen molar-refractivity contribution in [1.82, 2.24) is 0 Å². The molecule has 1 aromatic carbocycles. The molecule has 0 amide bonds. The van der Waals surface area contributed by atoms with Crippen molar-refractivity contribution < 1.29 is 0 Å². The number of rotatable bonds is 18. The van der Waals surface area contributed by atoms with E-state index in [1.165, 1.54) is 95.6 Å². The van der Waals surface area contributed by atoms with E-state index in [9.17, 15) is 0 Å². The average Bonchev–Trinajstić information content (AvgIpc) is 2.67. The molecule has 1 N–H and O–H groups in total. The van der Waals surface area contributed by atoms with Crippen LogP contribution in [0.1, 0.15) is 104 Å². The van der Waals surface area contributed by atoms with Crippen LogP contribution < -0.4 is 5.32 Å². The topological polar surface area (TPSA) is 12.0 Å². The zero-order chi connectivity index (χ0) is 19.4. The molecule has 0 saturated heterocycles. The molecule has 0 saturated carbocycles. The maximum absolute atomic E-state index is 3.49. The Hall–Kier alpha value is -1.24.